The van der Waals surface area contributed by atoms with Crippen molar-refractivity contribution < 1.29 is 10.2 Å². The fourth-order valence-corrected chi connectivity index (χ4v) is 5.32. The number of phenols is 2. The van der Waals surface area contributed by atoms with E-state index in [1.165, 1.54) is 147 Å². The van der Waals surface area contributed by atoms with Gasteiger partial charge in [0.1, 0.15) is 0 Å². The molecule has 34 heavy (non-hydrogen) atoms. The van der Waals surface area contributed by atoms with Gasteiger partial charge in [0.15, 0.2) is 11.5 Å². The molecular weight excluding hydrogens is 416 g/mol. The molecule has 0 saturated heterocycles. The average molecular weight is 475 g/mol. The second kappa shape index (κ2) is 20.1. The highest BCUT2D eigenvalue weighted by molar-refractivity contribution is 5.43. The van der Waals surface area contributed by atoms with Gasteiger partial charge in [-0.05, 0) is 36.0 Å². The summed E-state index contributed by atoms with van der Waals surface area (Å²) in [6.45, 7) is 6.94. The van der Waals surface area contributed by atoms with Crippen LogP contribution in [0, 0.1) is 0 Å². The van der Waals surface area contributed by atoms with Crippen LogP contribution in [0.4, 0.5) is 0 Å². The van der Waals surface area contributed by atoms with Crippen molar-refractivity contribution in [3.63, 3.8) is 0 Å². The lowest BCUT2D eigenvalue weighted by atomic mass is 9.74. The Labute approximate surface area is 213 Å². The van der Waals surface area contributed by atoms with Gasteiger partial charge in [0, 0.05) is 0 Å². The molecule has 0 fully saturated rings. The third-order valence-corrected chi connectivity index (χ3v) is 7.84. The van der Waals surface area contributed by atoms with Crippen LogP contribution in [0.15, 0.2) is 18.2 Å². The predicted molar refractivity (Wildman–Crippen MR) is 150 cm³/mol. The van der Waals surface area contributed by atoms with E-state index in [-0.39, 0.29) is 16.9 Å². The summed E-state index contributed by atoms with van der Waals surface area (Å²) in [5, 5.41) is 19.9. The Balaban J connectivity index is 2.35. The van der Waals surface area contributed by atoms with E-state index in [0.29, 0.717) is 0 Å². The van der Waals surface area contributed by atoms with Gasteiger partial charge in [-0.25, -0.2) is 0 Å². The van der Waals surface area contributed by atoms with Crippen molar-refractivity contribution in [2.45, 2.75) is 167 Å². The van der Waals surface area contributed by atoms with Gasteiger partial charge in [-0.3, -0.25) is 0 Å². The number of aromatic hydroxyl groups is 2. The van der Waals surface area contributed by atoms with Crippen molar-refractivity contribution in [1.82, 2.24) is 0 Å². The highest BCUT2D eigenvalue weighted by Crippen LogP contribution is 2.39. The molecule has 1 aromatic rings. The number of hydrogen-bond acceptors (Lipinski definition) is 2. The third kappa shape index (κ3) is 14.3. The molecule has 0 unspecified atom stereocenters. The standard InChI is InChI=1S/C32H58O2/c1-4-6-8-10-12-14-16-18-20-22-26-32(3,29-24-25-30(33)31(34)28-29)27-23-21-19-17-15-13-11-9-7-5-2/h24-25,28,33-34H,4-23,26-27H2,1-3H3. The molecule has 0 spiro atoms. The fraction of sp³-hybridized carbons (Fsp3) is 0.812. The molecule has 0 amide bonds. The van der Waals surface area contributed by atoms with E-state index in [2.05, 4.69) is 20.8 Å². The maximum atomic E-state index is 10.1. The van der Waals surface area contributed by atoms with E-state index in [1.807, 2.05) is 12.1 Å². The van der Waals surface area contributed by atoms with Gasteiger partial charge in [-0.2, -0.15) is 0 Å². The molecule has 0 aliphatic carbocycles. The van der Waals surface area contributed by atoms with Crippen LogP contribution in [-0.2, 0) is 5.41 Å². The molecule has 2 nitrogen and oxygen atoms in total. The van der Waals surface area contributed by atoms with Crippen LogP contribution in [0.3, 0.4) is 0 Å². The van der Waals surface area contributed by atoms with Crippen LogP contribution in [-0.4, -0.2) is 10.2 Å². The maximum absolute atomic E-state index is 10.1. The molecule has 0 heterocycles. The molecule has 0 radical (unpaired) electrons. The van der Waals surface area contributed by atoms with Gasteiger partial charge >= 0.3 is 0 Å². The van der Waals surface area contributed by atoms with Gasteiger partial charge < -0.3 is 10.2 Å². The van der Waals surface area contributed by atoms with E-state index in [4.69, 9.17) is 0 Å². The van der Waals surface area contributed by atoms with E-state index in [9.17, 15) is 10.2 Å². The Morgan fingerprint density at radius 1 is 0.500 bits per heavy atom. The van der Waals surface area contributed by atoms with Gasteiger partial charge in [0.2, 0.25) is 0 Å². The van der Waals surface area contributed by atoms with Crippen molar-refractivity contribution in [3.05, 3.63) is 23.8 Å². The molecule has 0 aliphatic heterocycles. The lowest BCUT2D eigenvalue weighted by molar-refractivity contribution is 0.356. The van der Waals surface area contributed by atoms with Crippen LogP contribution in [0.2, 0.25) is 0 Å². The first-order valence-electron chi connectivity index (χ1n) is 15.1. The van der Waals surface area contributed by atoms with E-state index >= 15 is 0 Å². The summed E-state index contributed by atoms with van der Waals surface area (Å²) >= 11 is 0. The summed E-state index contributed by atoms with van der Waals surface area (Å²) in [5.74, 6) is 0.0128. The topological polar surface area (TPSA) is 40.5 Å². The van der Waals surface area contributed by atoms with E-state index in [0.717, 1.165) is 0 Å². The van der Waals surface area contributed by atoms with Crippen LogP contribution in [0.25, 0.3) is 0 Å². The smallest absolute Gasteiger partial charge is 0.157 e. The van der Waals surface area contributed by atoms with Gasteiger partial charge in [0.05, 0.1) is 0 Å². The molecule has 0 atom stereocenters. The number of rotatable bonds is 23. The zero-order chi connectivity index (χ0) is 24.9. The molecule has 1 rings (SSSR count). The van der Waals surface area contributed by atoms with Crippen molar-refractivity contribution >= 4 is 0 Å². The van der Waals surface area contributed by atoms with Crippen LogP contribution in [0.5, 0.6) is 11.5 Å². The quantitative estimate of drug-likeness (QED) is 0.122. The Hall–Kier alpha value is -1.18. The second-order valence-corrected chi connectivity index (χ2v) is 11.1. The predicted octanol–water partition coefficient (Wildman–Crippen LogP) is 11.0. The summed E-state index contributed by atoms with van der Waals surface area (Å²) in [5.41, 5.74) is 1.28. The number of hydrogen-bond donors (Lipinski definition) is 2. The first kappa shape index (κ1) is 30.9. The molecule has 198 valence electrons. The summed E-state index contributed by atoms with van der Waals surface area (Å²) in [6.07, 6.45) is 29.6. The Kier molecular flexibility index (Phi) is 18.2. The Bertz CT molecular complexity index is 571. The Morgan fingerprint density at radius 3 is 1.21 bits per heavy atom. The second-order valence-electron chi connectivity index (χ2n) is 11.1. The van der Waals surface area contributed by atoms with Crippen molar-refractivity contribution in [2.24, 2.45) is 0 Å². The molecule has 0 bridgehead atoms. The molecule has 2 heteroatoms. The average Bonchev–Trinajstić information content (AvgIpc) is 2.83. The molecule has 0 saturated carbocycles. The monoisotopic (exact) mass is 474 g/mol. The summed E-state index contributed by atoms with van der Waals surface area (Å²) in [4.78, 5) is 0. The first-order chi connectivity index (χ1) is 16.5. The summed E-state index contributed by atoms with van der Waals surface area (Å²) in [7, 11) is 0. The minimum absolute atomic E-state index is 0.0102. The number of unbranched alkanes of at least 4 members (excludes halogenated alkanes) is 18. The van der Waals surface area contributed by atoms with Crippen molar-refractivity contribution in [2.75, 3.05) is 0 Å². The maximum Gasteiger partial charge on any atom is 0.157 e. The third-order valence-electron chi connectivity index (χ3n) is 7.84. The lowest BCUT2D eigenvalue weighted by Gasteiger charge is -2.31. The summed E-state index contributed by atoms with van der Waals surface area (Å²) in [6, 6.07) is 5.50. The van der Waals surface area contributed by atoms with Crippen molar-refractivity contribution in [3.8, 4) is 11.5 Å². The minimum atomic E-state index is -0.0102. The number of phenolic OH excluding ortho intramolecular Hbond substituents is 2. The minimum Gasteiger partial charge on any atom is -0.504 e. The molecule has 2 N–H and O–H groups in total. The van der Waals surface area contributed by atoms with Gasteiger partial charge in [-0.1, -0.05) is 155 Å². The highest BCUT2D eigenvalue weighted by Gasteiger charge is 2.26. The fourth-order valence-electron chi connectivity index (χ4n) is 5.32. The zero-order valence-corrected chi connectivity index (χ0v) is 23.2. The summed E-state index contributed by atoms with van der Waals surface area (Å²) < 4.78 is 0. The normalized spacial score (nSPS) is 11.9. The molecular formula is C32H58O2. The lowest BCUT2D eigenvalue weighted by Crippen LogP contribution is -2.22. The number of benzene rings is 1. The van der Waals surface area contributed by atoms with Crippen LogP contribution in [0.1, 0.15) is 168 Å². The van der Waals surface area contributed by atoms with Gasteiger partial charge in [0.25, 0.3) is 0 Å². The van der Waals surface area contributed by atoms with Gasteiger partial charge in [-0.15, -0.1) is 0 Å². The molecule has 1 aromatic carbocycles. The SMILES string of the molecule is CCCCCCCCCCCCC(C)(CCCCCCCCCCCC)c1ccc(O)c(O)c1. The van der Waals surface area contributed by atoms with Crippen LogP contribution < -0.4 is 0 Å². The van der Waals surface area contributed by atoms with Crippen molar-refractivity contribution in [1.29, 1.82) is 0 Å². The van der Waals surface area contributed by atoms with E-state index < -0.39 is 0 Å². The molecule has 0 aliphatic rings. The largest absolute Gasteiger partial charge is 0.504 e. The van der Waals surface area contributed by atoms with E-state index in [1.54, 1.807) is 6.07 Å². The zero-order valence-electron chi connectivity index (χ0n) is 23.2. The Morgan fingerprint density at radius 2 is 0.853 bits per heavy atom. The first-order valence-corrected chi connectivity index (χ1v) is 15.1. The molecule has 0 aromatic heterocycles. The van der Waals surface area contributed by atoms with Crippen LogP contribution >= 0.6 is 0 Å². The highest BCUT2D eigenvalue weighted by atomic mass is 16.3.